The number of hydrogen-bond acceptors (Lipinski definition) is 5. The number of non-ortho nitro benzene ring substituents is 1. The van der Waals surface area contributed by atoms with Gasteiger partial charge in [-0.05, 0) is 65.9 Å². The van der Waals surface area contributed by atoms with Gasteiger partial charge in [-0.15, -0.1) is 0 Å². The molecule has 3 aromatic carbocycles. The van der Waals surface area contributed by atoms with Gasteiger partial charge in [0.1, 0.15) is 5.70 Å². The molecule has 0 spiro atoms. The molecule has 0 atom stereocenters. The second-order valence-electron chi connectivity index (χ2n) is 9.28. The average molecular weight is 486 g/mol. The molecule has 0 aliphatic rings. The van der Waals surface area contributed by atoms with Crippen LogP contribution in [0.1, 0.15) is 59.5 Å². The molecule has 0 saturated heterocycles. The molecule has 0 aliphatic carbocycles. The average Bonchev–Trinajstić information content (AvgIpc) is 2.83. The SMILES string of the molecule is CC(=O)c1ccc(NC(=O)/C(=C/c2cccc([N+](=O)[O-])c2)NC(=O)c2ccc(C(C)(C)C)cc2)cc1. The molecule has 8 heteroatoms. The highest BCUT2D eigenvalue weighted by Crippen LogP contribution is 2.22. The summed E-state index contributed by atoms with van der Waals surface area (Å²) in [4.78, 5) is 48.2. The second-order valence-corrected chi connectivity index (χ2v) is 9.28. The highest BCUT2D eigenvalue weighted by molar-refractivity contribution is 6.10. The zero-order valence-corrected chi connectivity index (χ0v) is 20.5. The summed E-state index contributed by atoms with van der Waals surface area (Å²) in [6, 6.07) is 19.1. The van der Waals surface area contributed by atoms with Crippen LogP contribution in [-0.4, -0.2) is 22.5 Å². The van der Waals surface area contributed by atoms with Crippen molar-refractivity contribution in [2.24, 2.45) is 0 Å². The van der Waals surface area contributed by atoms with Crippen LogP contribution in [0, 0.1) is 10.1 Å². The predicted molar refractivity (Wildman–Crippen MR) is 139 cm³/mol. The van der Waals surface area contributed by atoms with Crippen LogP contribution in [0.2, 0.25) is 0 Å². The summed E-state index contributed by atoms with van der Waals surface area (Å²) in [7, 11) is 0. The van der Waals surface area contributed by atoms with Gasteiger partial charge >= 0.3 is 0 Å². The second kappa shape index (κ2) is 10.8. The lowest BCUT2D eigenvalue weighted by atomic mass is 9.87. The van der Waals surface area contributed by atoms with Gasteiger partial charge in [0, 0.05) is 28.9 Å². The quantitative estimate of drug-likeness (QED) is 0.198. The maximum absolute atomic E-state index is 13.1. The van der Waals surface area contributed by atoms with E-state index in [0.717, 1.165) is 5.56 Å². The minimum Gasteiger partial charge on any atom is -0.321 e. The lowest BCUT2D eigenvalue weighted by Crippen LogP contribution is -2.30. The summed E-state index contributed by atoms with van der Waals surface area (Å²) < 4.78 is 0. The molecule has 3 aromatic rings. The van der Waals surface area contributed by atoms with Crippen LogP contribution in [0.15, 0.2) is 78.5 Å². The molecule has 2 amide bonds. The van der Waals surface area contributed by atoms with E-state index in [-0.39, 0.29) is 22.6 Å². The van der Waals surface area contributed by atoms with Crippen LogP contribution >= 0.6 is 0 Å². The Balaban J connectivity index is 1.91. The third-order valence-corrected chi connectivity index (χ3v) is 5.45. The minimum absolute atomic E-state index is 0.0834. The number of benzene rings is 3. The first-order chi connectivity index (χ1) is 16.9. The Labute approximate surface area is 209 Å². The van der Waals surface area contributed by atoms with Gasteiger partial charge in [0.25, 0.3) is 17.5 Å². The molecule has 0 heterocycles. The Bertz CT molecular complexity index is 1330. The molecule has 0 saturated carbocycles. The Morgan fingerprint density at radius 3 is 2.06 bits per heavy atom. The topological polar surface area (TPSA) is 118 Å². The van der Waals surface area contributed by atoms with E-state index >= 15 is 0 Å². The summed E-state index contributed by atoms with van der Waals surface area (Å²) >= 11 is 0. The number of ketones is 1. The van der Waals surface area contributed by atoms with Gasteiger partial charge in [-0.3, -0.25) is 24.5 Å². The molecular formula is C28H27N3O5. The van der Waals surface area contributed by atoms with Crippen LogP contribution in [-0.2, 0) is 10.2 Å². The van der Waals surface area contributed by atoms with Crippen molar-refractivity contribution < 1.29 is 19.3 Å². The molecule has 0 aliphatic heterocycles. The van der Waals surface area contributed by atoms with Crippen molar-refractivity contribution in [3.8, 4) is 0 Å². The number of rotatable bonds is 7. The van der Waals surface area contributed by atoms with Crippen molar-refractivity contribution in [2.75, 3.05) is 5.32 Å². The number of nitro benzene ring substituents is 1. The number of nitro groups is 1. The summed E-state index contributed by atoms with van der Waals surface area (Å²) in [6.07, 6.45) is 1.37. The molecule has 184 valence electrons. The van der Waals surface area contributed by atoms with Crippen molar-refractivity contribution in [1.82, 2.24) is 5.32 Å². The van der Waals surface area contributed by atoms with Gasteiger partial charge in [-0.1, -0.05) is 45.0 Å². The lowest BCUT2D eigenvalue weighted by Gasteiger charge is -2.19. The van der Waals surface area contributed by atoms with E-state index < -0.39 is 16.7 Å². The molecule has 2 N–H and O–H groups in total. The zero-order chi connectivity index (χ0) is 26.5. The van der Waals surface area contributed by atoms with Crippen LogP contribution in [0.5, 0.6) is 0 Å². The Kier molecular flexibility index (Phi) is 7.79. The summed E-state index contributed by atoms with van der Waals surface area (Å²) in [5.41, 5.74) is 2.35. The Morgan fingerprint density at radius 2 is 1.50 bits per heavy atom. The first-order valence-corrected chi connectivity index (χ1v) is 11.2. The monoisotopic (exact) mass is 485 g/mol. The fourth-order valence-corrected chi connectivity index (χ4v) is 3.36. The largest absolute Gasteiger partial charge is 0.321 e. The van der Waals surface area contributed by atoms with Crippen molar-refractivity contribution in [2.45, 2.75) is 33.1 Å². The highest BCUT2D eigenvalue weighted by atomic mass is 16.6. The summed E-state index contributed by atoms with van der Waals surface area (Å²) in [6.45, 7) is 7.64. The van der Waals surface area contributed by atoms with Crippen LogP contribution < -0.4 is 10.6 Å². The molecule has 0 bridgehead atoms. The van der Waals surface area contributed by atoms with Gasteiger partial charge in [0.2, 0.25) is 0 Å². The van der Waals surface area contributed by atoms with Crippen LogP contribution in [0.25, 0.3) is 6.08 Å². The number of carbonyl (C=O) groups excluding carboxylic acids is 3. The molecule has 0 radical (unpaired) electrons. The minimum atomic E-state index is -0.628. The summed E-state index contributed by atoms with van der Waals surface area (Å²) in [5, 5.41) is 16.5. The van der Waals surface area contributed by atoms with E-state index in [9.17, 15) is 24.5 Å². The molecular weight excluding hydrogens is 458 g/mol. The zero-order valence-electron chi connectivity index (χ0n) is 20.5. The Morgan fingerprint density at radius 1 is 0.889 bits per heavy atom. The molecule has 0 fully saturated rings. The molecule has 36 heavy (non-hydrogen) atoms. The van der Waals surface area contributed by atoms with Crippen molar-refractivity contribution in [1.29, 1.82) is 0 Å². The van der Waals surface area contributed by atoms with E-state index in [4.69, 9.17) is 0 Å². The van der Waals surface area contributed by atoms with Gasteiger partial charge < -0.3 is 10.6 Å². The van der Waals surface area contributed by atoms with Gasteiger partial charge in [0.05, 0.1) is 4.92 Å². The smallest absolute Gasteiger partial charge is 0.272 e. The standard InChI is InChI=1S/C28H27N3O5/c1-18(32)20-10-14-23(15-11-20)29-27(34)25(17-19-6-5-7-24(16-19)31(35)36)30-26(33)21-8-12-22(13-9-21)28(2,3)4/h5-17H,1-4H3,(H,29,34)(H,30,33)/b25-17-. The highest BCUT2D eigenvalue weighted by Gasteiger charge is 2.18. The number of amides is 2. The van der Waals surface area contributed by atoms with Crippen LogP contribution in [0.4, 0.5) is 11.4 Å². The van der Waals surface area contributed by atoms with E-state index in [1.807, 2.05) is 12.1 Å². The van der Waals surface area contributed by atoms with Gasteiger partial charge in [0.15, 0.2) is 5.78 Å². The summed E-state index contributed by atoms with van der Waals surface area (Å²) in [5.74, 6) is -1.24. The first-order valence-electron chi connectivity index (χ1n) is 11.2. The van der Waals surface area contributed by atoms with E-state index in [2.05, 4.69) is 31.4 Å². The number of carbonyl (C=O) groups is 3. The normalized spacial score (nSPS) is 11.5. The van der Waals surface area contributed by atoms with Crippen LogP contribution in [0.3, 0.4) is 0 Å². The third-order valence-electron chi connectivity index (χ3n) is 5.45. The molecule has 0 unspecified atom stereocenters. The first kappa shape index (κ1) is 26.0. The van der Waals surface area contributed by atoms with Gasteiger partial charge in [-0.2, -0.15) is 0 Å². The fourth-order valence-electron chi connectivity index (χ4n) is 3.36. The van der Waals surface area contributed by atoms with Crippen molar-refractivity contribution in [3.05, 3.63) is 111 Å². The van der Waals surface area contributed by atoms with E-state index in [0.29, 0.717) is 22.4 Å². The maximum atomic E-state index is 13.1. The predicted octanol–water partition coefficient (Wildman–Crippen LogP) is 5.50. The number of hydrogen-bond donors (Lipinski definition) is 2. The van der Waals surface area contributed by atoms with E-state index in [1.54, 1.807) is 42.5 Å². The Hall–Kier alpha value is -4.59. The number of nitrogens with zero attached hydrogens (tertiary/aromatic N) is 1. The van der Waals surface area contributed by atoms with Crippen molar-refractivity contribution in [3.63, 3.8) is 0 Å². The number of anilines is 1. The molecule has 8 nitrogen and oxygen atoms in total. The lowest BCUT2D eigenvalue weighted by molar-refractivity contribution is -0.384. The molecule has 3 rings (SSSR count). The third kappa shape index (κ3) is 6.73. The van der Waals surface area contributed by atoms with Crippen molar-refractivity contribution >= 4 is 35.0 Å². The fraction of sp³-hybridized carbons (Fsp3) is 0.179. The number of nitrogens with one attached hydrogen (secondary N) is 2. The molecule has 0 aromatic heterocycles. The van der Waals surface area contributed by atoms with E-state index in [1.165, 1.54) is 31.2 Å². The maximum Gasteiger partial charge on any atom is 0.272 e. The van der Waals surface area contributed by atoms with Gasteiger partial charge in [-0.25, -0.2) is 0 Å². The number of Topliss-reactive ketones (excluding diaryl/α,β-unsaturated/α-hetero) is 1.